The summed E-state index contributed by atoms with van der Waals surface area (Å²) < 4.78 is 7.64. The Kier molecular flexibility index (Phi) is 4.42. The van der Waals surface area contributed by atoms with E-state index in [1.807, 2.05) is 11.7 Å². The van der Waals surface area contributed by atoms with Gasteiger partial charge in [-0.2, -0.15) is 5.10 Å². The number of aromatic nitrogens is 2. The van der Waals surface area contributed by atoms with E-state index in [1.54, 1.807) is 6.20 Å². The SMILES string of the molecule is CCn1ncc(Cl)c1C(CC1CCCO1)NC. The Morgan fingerprint density at radius 3 is 3.12 bits per heavy atom. The van der Waals surface area contributed by atoms with Gasteiger partial charge in [0.25, 0.3) is 0 Å². The Labute approximate surface area is 107 Å². The van der Waals surface area contributed by atoms with Crippen molar-refractivity contribution >= 4 is 11.6 Å². The second-order valence-electron chi connectivity index (χ2n) is 4.41. The van der Waals surface area contributed by atoms with Crippen molar-refractivity contribution in [1.82, 2.24) is 15.1 Å². The molecule has 96 valence electrons. The summed E-state index contributed by atoms with van der Waals surface area (Å²) >= 11 is 6.22. The fourth-order valence-corrected chi connectivity index (χ4v) is 2.70. The first kappa shape index (κ1) is 12.9. The van der Waals surface area contributed by atoms with Crippen LogP contribution in [-0.2, 0) is 11.3 Å². The lowest BCUT2D eigenvalue weighted by atomic mass is 10.0. The Morgan fingerprint density at radius 1 is 1.71 bits per heavy atom. The van der Waals surface area contributed by atoms with Gasteiger partial charge in [-0.1, -0.05) is 11.6 Å². The predicted octanol–water partition coefficient (Wildman–Crippen LogP) is 2.39. The van der Waals surface area contributed by atoms with Crippen molar-refractivity contribution < 1.29 is 4.74 Å². The minimum absolute atomic E-state index is 0.216. The number of halogens is 1. The van der Waals surface area contributed by atoms with E-state index in [0.717, 1.165) is 36.7 Å². The largest absolute Gasteiger partial charge is 0.378 e. The molecule has 2 rings (SSSR count). The lowest BCUT2D eigenvalue weighted by molar-refractivity contribution is 0.0945. The van der Waals surface area contributed by atoms with Gasteiger partial charge in [0.2, 0.25) is 0 Å². The maximum atomic E-state index is 6.22. The fraction of sp³-hybridized carbons (Fsp3) is 0.750. The molecular formula is C12H20ClN3O. The number of aryl methyl sites for hydroxylation is 1. The minimum Gasteiger partial charge on any atom is -0.378 e. The van der Waals surface area contributed by atoms with Crippen LogP contribution in [-0.4, -0.2) is 29.5 Å². The number of rotatable bonds is 5. The molecule has 17 heavy (non-hydrogen) atoms. The van der Waals surface area contributed by atoms with Crippen molar-refractivity contribution in [2.75, 3.05) is 13.7 Å². The molecule has 1 aliphatic rings. The topological polar surface area (TPSA) is 39.1 Å². The fourth-order valence-electron chi connectivity index (χ4n) is 2.43. The van der Waals surface area contributed by atoms with Crippen molar-refractivity contribution in [3.63, 3.8) is 0 Å². The average Bonchev–Trinajstić information content (AvgIpc) is 2.95. The number of ether oxygens (including phenoxy) is 1. The van der Waals surface area contributed by atoms with E-state index < -0.39 is 0 Å². The number of nitrogens with zero attached hydrogens (tertiary/aromatic N) is 2. The van der Waals surface area contributed by atoms with Gasteiger partial charge < -0.3 is 10.1 Å². The third-order valence-corrected chi connectivity index (χ3v) is 3.63. The van der Waals surface area contributed by atoms with Crippen LogP contribution in [0.25, 0.3) is 0 Å². The second kappa shape index (κ2) is 5.85. The average molecular weight is 258 g/mol. The van der Waals surface area contributed by atoms with Gasteiger partial charge in [-0.15, -0.1) is 0 Å². The Balaban J connectivity index is 2.12. The molecule has 1 aliphatic heterocycles. The van der Waals surface area contributed by atoms with Gasteiger partial charge in [0.1, 0.15) is 0 Å². The maximum absolute atomic E-state index is 6.22. The van der Waals surface area contributed by atoms with Crippen molar-refractivity contribution in [2.24, 2.45) is 0 Å². The third kappa shape index (κ3) is 2.81. The third-order valence-electron chi connectivity index (χ3n) is 3.33. The van der Waals surface area contributed by atoms with Crippen LogP contribution in [0.2, 0.25) is 5.02 Å². The second-order valence-corrected chi connectivity index (χ2v) is 4.81. The molecule has 0 aromatic carbocycles. The van der Waals surface area contributed by atoms with Crippen molar-refractivity contribution in [3.05, 3.63) is 16.9 Å². The van der Waals surface area contributed by atoms with E-state index in [2.05, 4.69) is 17.3 Å². The molecule has 1 aromatic rings. The van der Waals surface area contributed by atoms with Crippen LogP contribution in [0.15, 0.2) is 6.20 Å². The van der Waals surface area contributed by atoms with E-state index in [9.17, 15) is 0 Å². The highest BCUT2D eigenvalue weighted by Gasteiger charge is 2.24. The zero-order valence-electron chi connectivity index (χ0n) is 10.4. The molecule has 4 nitrogen and oxygen atoms in total. The summed E-state index contributed by atoms with van der Waals surface area (Å²) in [5.41, 5.74) is 1.08. The molecule has 1 fully saturated rings. The van der Waals surface area contributed by atoms with E-state index in [0.29, 0.717) is 6.10 Å². The lowest BCUT2D eigenvalue weighted by Gasteiger charge is -2.21. The van der Waals surface area contributed by atoms with Crippen LogP contribution in [0.4, 0.5) is 0 Å². The standard InChI is InChI=1S/C12H20ClN3O/c1-3-16-12(10(13)8-15-16)11(14-2)7-9-5-4-6-17-9/h8-9,11,14H,3-7H2,1-2H3. The van der Waals surface area contributed by atoms with Crippen molar-refractivity contribution in [1.29, 1.82) is 0 Å². The molecule has 0 amide bonds. The molecule has 2 unspecified atom stereocenters. The molecule has 1 aromatic heterocycles. The highest BCUT2D eigenvalue weighted by molar-refractivity contribution is 6.31. The first-order valence-corrected chi connectivity index (χ1v) is 6.64. The summed E-state index contributed by atoms with van der Waals surface area (Å²) in [7, 11) is 1.96. The molecule has 1 saturated heterocycles. The van der Waals surface area contributed by atoms with Crippen molar-refractivity contribution in [2.45, 2.75) is 44.9 Å². The zero-order valence-corrected chi connectivity index (χ0v) is 11.2. The van der Waals surface area contributed by atoms with Crippen LogP contribution in [0.3, 0.4) is 0 Å². The summed E-state index contributed by atoms with van der Waals surface area (Å²) in [6.45, 7) is 3.80. The summed E-state index contributed by atoms with van der Waals surface area (Å²) in [5, 5.41) is 8.34. The smallest absolute Gasteiger partial charge is 0.0834 e. The summed E-state index contributed by atoms with van der Waals surface area (Å²) in [6.07, 6.45) is 5.35. The molecule has 0 radical (unpaired) electrons. The molecule has 1 N–H and O–H groups in total. The summed E-state index contributed by atoms with van der Waals surface area (Å²) in [6, 6.07) is 0.216. The van der Waals surface area contributed by atoms with Gasteiger partial charge in [0.15, 0.2) is 0 Å². The van der Waals surface area contributed by atoms with Crippen LogP contribution in [0, 0.1) is 0 Å². The van der Waals surface area contributed by atoms with Gasteiger partial charge in [-0.3, -0.25) is 4.68 Å². The van der Waals surface area contributed by atoms with Gasteiger partial charge in [0, 0.05) is 13.2 Å². The van der Waals surface area contributed by atoms with E-state index in [-0.39, 0.29) is 6.04 Å². The van der Waals surface area contributed by atoms with Crippen LogP contribution in [0.1, 0.15) is 37.9 Å². The number of nitrogens with one attached hydrogen (secondary N) is 1. The molecule has 5 heteroatoms. The summed E-state index contributed by atoms with van der Waals surface area (Å²) in [4.78, 5) is 0. The normalized spacial score (nSPS) is 21.9. The maximum Gasteiger partial charge on any atom is 0.0834 e. The number of hydrogen-bond acceptors (Lipinski definition) is 3. The highest BCUT2D eigenvalue weighted by atomic mass is 35.5. The quantitative estimate of drug-likeness (QED) is 0.880. The molecule has 0 saturated carbocycles. The Morgan fingerprint density at radius 2 is 2.53 bits per heavy atom. The van der Waals surface area contributed by atoms with Gasteiger partial charge >= 0.3 is 0 Å². The van der Waals surface area contributed by atoms with Gasteiger partial charge in [-0.25, -0.2) is 0 Å². The van der Waals surface area contributed by atoms with Crippen LogP contribution >= 0.6 is 11.6 Å². The van der Waals surface area contributed by atoms with E-state index in [4.69, 9.17) is 16.3 Å². The molecule has 2 heterocycles. The van der Waals surface area contributed by atoms with E-state index >= 15 is 0 Å². The first-order chi connectivity index (χ1) is 8.26. The molecule has 0 spiro atoms. The monoisotopic (exact) mass is 257 g/mol. The van der Waals surface area contributed by atoms with Crippen LogP contribution in [0.5, 0.6) is 0 Å². The van der Waals surface area contributed by atoms with E-state index in [1.165, 1.54) is 6.42 Å². The zero-order chi connectivity index (χ0) is 12.3. The summed E-state index contributed by atoms with van der Waals surface area (Å²) in [5.74, 6) is 0. The highest BCUT2D eigenvalue weighted by Crippen LogP contribution is 2.29. The van der Waals surface area contributed by atoms with Crippen molar-refractivity contribution in [3.8, 4) is 0 Å². The molecule has 0 aliphatic carbocycles. The predicted molar refractivity (Wildman–Crippen MR) is 68.3 cm³/mol. The van der Waals surface area contributed by atoms with Gasteiger partial charge in [0.05, 0.1) is 29.1 Å². The molecular weight excluding hydrogens is 238 g/mol. The van der Waals surface area contributed by atoms with Gasteiger partial charge in [-0.05, 0) is 33.2 Å². The minimum atomic E-state index is 0.216. The Bertz CT molecular complexity index is 361. The molecule has 2 atom stereocenters. The molecule has 0 bridgehead atoms. The lowest BCUT2D eigenvalue weighted by Crippen LogP contribution is -2.25. The number of hydrogen-bond donors (Lipinski definition) is 1. The Hall–Kier alpha value is -0.580. The first-order valence-electron chi connectivity index (χ1n) is 6.26. The van der Waals surface area contributed by atoms with Crippen LogP contribution < -0.4 is 5.32 Å².